The number of benzene rings is 2. The molecule has 138 valence electrons. The van der Waals surface area contributed by atoms with E-state index in [9.17, 15) is 5.11 Å². The maximum atomic E-state index is 10.5. The van der Waals surface area contributed by atoms with Crippen LogP contribution in [0.1, 0.15) is 19.2 Å². The lowest BCUT2D eigenvalue weighted by Crippen LogP contribution is -2.34. The van der Waals surface area contributed by atoms with Crippen LogP contribution >= 0.6 is 0 Å². The Bertz CT molecular complexity index is 856. The first kappa shape index (κ1) is 18.3. The van der Waals surface area contributed by atoms with Crippen molar-refractivity contribution in [2.75, 3.05) is 13.7 Å². The van der Waals surface area contributed by atoms with E-state index in [1.54, 1.807) is 7.11 Å². The Morgan fingerprint density at radius 2 is 1.77 bits per heavy atom. The van der Waals surface area contributed by atoms with Gasteiger partial charge in [-0.25, -0.2) is 9.13 Å². The lowest BCUT2D eigenvalue weighted by Gasteiger charge is -2.12. The lowest BCUT2D eigenvalue weighted by atomic mass is 10.3. The molecule has 0 amide bonds. The van der Waals surface area contributed by atoms with Gasteiger partial charge in [0.2, 0.25) is 0 Å². The molecule has 1 unspecified atom stereocenters. The Labute approximate surface area is 154 Å². The van der Waals surface area contributed by atoms with Gasteiger partial charge in [-0.1, -0.05) is 19.1 Å². The third-order valence-corrected chi connectivity index (χ3v) is 4.60. The molecule has 3 rings (SSSR count). The fourth-order valence-electron chi connectivity index (χ4n) is 3.29. The average Bonchev–Trinajstić information content (AvgIpc) is 2.93. The maximum absolute atomic E-state index is 10.5. The van der Waals surface area contributed by atoms with E-state index in [4.69, 9.17) is 9.47 Å². The minimum atomic E-state index is -0.594. The topological polar surface area (TPSA) is 47.5 Å². The van der Waals surface area contributed by atoms with Gasteiger partial charge >= 0.3 is 0 Å². The van der Waals surface area contributed by atoms with Crippen molar-refractivity contribution < 1.29 is 19.1 Å². The second-order valence-electron chi connectivity index (χ2n) is 6.46. The average molecular weight is 355 g/mol. The minimum Gasteiger partial charge on any atom is -0.497 e. The molecule has 1 heterocycles. The first-order valence-corrected chi connectivity index (χ1v) is 9.05. The molecule has 0 aliphatic heterocycles. The van der Waals surface area contributed by atoms with Crippen LogP contribution in [0, 0.1) is 0 Å². The van der Waals surface area contributed by atoms with Gasteiger partial charge in [-0.15, -0.1) is 0 Å². The minimum absolute atomic E-state index is 0.244. The number of methoxy groups -OCH3 is 1. The van der Waals surface area contributed by atoms with E-state index in [1.807, 2.05) is 36.4 Å². The summed E-state index contributed by atoms with van der Waals surface area (Å²) in [6.07, 6.45) is 1.43. The zero-order chi connectivity index (χ0) is 18.5. The van der Waals surface area contributed by atoms with Crippen LogP contribution in [0.25, 0.3) is 11.0 Å². The molecule has 2 aromatic carbocycles. The number of rotatable bonds is 8. The first-order chi connectivity index (χ1) is 12.6. The number of aromatic nitrogens is 2. The van der Waals surface area contributed by atoms with E-state index in [0.717, 1.165) is 29.9 Å². The molecule has 26 heavy (non-hydrogen) atoms. The Balaban J connectivity index is 1.73. The van der Waals surface area contributed by atoms with Gasteiger partial charge < -0.3 is 14.6 Å². The molecule has 5 heteroatoms. The Hall–Kier alpha value is -2.53. The summed E-state index contributed by atoms with van der Waals surface area (Å²) in [7, 11) is 3.72. The Morgan fingerprint density at radius 3 is 2.46 bits per heavy atom. The largest absolute Gasteiger partial charge is 0.497 e. The molecule has 5 nitrogen and oxygen atoms in total. The molecule has 0 bridgehead atoms. The number of fused-ring (bicyclic) bond motifs is 1. The van der Waals surface area contributed by atoms with Crippen molar-refractivity contribution in [3.8, 4) is 11.5 Å². The second kappa shape index (κ2) is 8.23. The molecule has 1 aromatic heterocycles. The van der Waals surface area contributed by atoms with Crippen molar-refractivity contribution in [3.63, 3.8) is 0 Å². The standard InChI is InChI=1S/C21H27N2O3/c1-4-7-21-22(2)19-8-5-6-9-20(19)23(21)14-16(24)15-26-18-12-10-17(25-3)11-13-18/h5-6,8-13,16,24H,4,7,14-15H2,1-3H3/q+1. The predicted molar refractivity (Wildman–Crippen MR) is 102 cm³/mol. The summed E-state index contributed by atoms with van der Waals surface area (Å²) in [6.45, 7) is 2.92. The van der Waals surface area contributed by atoms with Crippen LogP contribution in [0.2, 0.25) is 0 Å². The van der Waals surface area contributed by atoms with Crippen molar-refractivity contribution in [2.45, 2.75) is 32.4 Å². The van der Waals surface area contributed by atoms with Crippen LogP contribution in [0.4, 0.5) is 0 Å². The summed E-state index contributed by atoms with van der Waals surface area (Å²) in [4.78, 5) is 0. The molecular weight excluding hydrogens is 328 g/mol. The highest BCUT2D eigenvalue weighted by atomic mass is 16.5. The van der Waals surface area contributed by atoms with Crippen molar-refractivity contribution in [1.82, 2.24) is 4.57 Å². The zero-order valence-electron chi connectivity index (χ0n) is 15.7. The van der Waals surface area contributed by atoms with Gasteiger partial charge in [-0.2, -0.15) is 0 Å². The summed E-state index contributed by atoms with van der Waals surface area (Å²) >= 11 is 0. The van der Waals surface area contributed by atoms with Gasteiger partial charge in [0.15, 0.2) is 11.0 Å². The van der Waals surface area contributed by atoms with Crippen molar-refractivity contribution in [2.24, 2.45) is 7.05 Å². The number of hydrogen-bond donors (Lipinski definition) is 1. The Morgan fingerprint density at radius 1 is 1.08 bits per heavy atom. The summed E-state index contributed by atoms with van der Waals surface area (Å²) in [5, 5.41) is 10.5. The van der Waals surface area contributed by atoms with Gasteiger partial charge in [0.1, 0.15) is 30.8 Å². The Kier molecular flexibility index (Phi) is 5.78. The van der Waals surface area contributed by atoms with Crippen LogP contribution < -0.4 is 14.0 Å². The lowest BCUT2D eigenvalue weighted by molar-refractivity contribution is -0.654. The van der Waals surface area contributed by atoms with Gasteiger partial charge in [0.05, 0.1) is 14.2 Å². The number of imidazole rings is 1. The smallest absolute Gasteiger partial charge is 0.257 e. The van der Waals surface area contributed by atoms with E-state index in [2.05, 4.69) is 35.2 Å². The zero-order valence-corrected chi connectivity index (χ0v) is 15.7. The molecule has 0 saturated heterocycles. The number of ether oxygens (including phenoxy) is 2. The molecule has 0 radical (unpaired) electrons. The fraction of sp³-hybridized carbons (Fsp3) is 0.381. The number of nitrogens with zero attached hydrogens (tertiary/aromatic N) is 2. The van der Waals surface area contributed by atoms with Crippen LogP contribution in [-0.2, 0) is 20.0 Å². The van der Waals surface area contributed by atoms with Crippen LogP contribution in [0.3, 0.4) is 0 Å². The fourth-order valence-corrected chi connectivity index (χ4v) is 3.29. The predicted octanol–water partition coefficient (Wildman–Crippen LogP) is 2.87. The summed E-state index contributed by atoms with van der Waals surface area (Å²) in [6, 6.07) is 15.7. The van der Waals surface area contributed by atoms with Gasteiger partial charge in [0, 0.05) is 6.42 Å². The molecule has 1 N–H and O–H groups in total. The molecule has 0 fully saturated rings. The maximum Gasteiger partial charge on any atom is 0.257 e. The summed E-state index contributed by atoms with van der Waals surface area (Å²) in [5.41, 5.74) is 2.32. The van der Waals surface area contributed by atoms with E-state index < -0.39 is 6.10 Å². The summed E-state index contributed by atoms with van der Waals surface area (Å²) < 4.78 is 15.3. The molecule has 0 saturated carbocycles. The molecule has 0 spiro atoms. The van der Waals surface area contributed by atoms with E-state index in [1.165, 1.54) is 11.3 Å². The van der Waals surface area contributed by atoms with E-state index >= 15 is 0 Å². The highest BCUT2D eigenvalue weighted by molar-refractivity contribution is 5.72. The van der Waals surface area contributed by atoms with Gasteiger partial charge in [0.25, 0.3) is 5.82 Å². The van der Waals surface area contributed by atoms with E-state index in [0.29, 0.717) is 6.54 Å². The summed E-state index contributed by atoms with van der Waals surface area (Å²) in [5.74, 6) is 2.73. The van der Waals surface area contributed by atoms with Gasteiger partial charge in [-0.05, 0) is 42.8 Å². The number of aryl methyl sites for hydroxylation is 1. The number of hydrogen-bond acceptors (Lipinski definition) is 3. The monoisotopic (exact) mass is 355 g/mol. The molecule has 0 aliphatic rings. The van der Waals surface area contributed by atoms with Crippen molar-refractivity contribution >= 4 is 11.0 Å². The number of aliphatic hydroxyl groups excluding tert-OH is 1. The van der Waals surface area contributed by atoms with Crippen LogP contribution in [0.5, 0.6) is 11.5 Å². The molecule has 1 atom stereocenters. The third kappa shape index (κ3) is 3.83. The number of para-hydroxylation sites is 2. The van der Waals surface area contributed by atoms with Crippen molar-refractivity contribution in [1.29, 1.82) is 0 Å². The highest BCUT2D eigenvalue weighted by Crippen LogP contribution is 2.18. The van der Waals surface area contributed by atoms with Crippen LogP contribution in [0.15, 0.2) is 48.5 Å². The second-order valence-corrected chi connectivity index (χ2v) is 6.46. The van der Waals surface area contributed by atoms with Gasteiger partial charge in [-0.3, -0.25) is 0 Å². The highest BCUT2D eigenvalue weighted by Gasteiger charge is 2.23. The molecular formula is C21H27N2O3+. The quantitative estimate of drug-likeness (QED) is 0.632. The number of aliphatic hydroxyl groups is 1. The van der Waals surface area contributed by atoms with E-state index in [-0.39, 0.29) is 6.61 Å². The molecule has 3 aromatic rings. The van der Waals surface area contributed by atoms with Crippen molar-refractivity contribution in [3.05, 3.63) is 54.4 Å². The molecule has 0 aliphatic carbocycles. The third-order valence-electron chi connectivity index (χ3n) is 4.60. The normalized spacial score (nSPS) is 12.3. The SMILES string of the molecule is CCCc1n(CC(O)COc2ccc(OC)cc2)c2ccccc2[n+]1C. The first-order valence-electron chi connectivity index (χ1n) is 9.05. The van der Waals surface area contributed by atoms with Crippen LogP contribution in [-0.4, -0.2) is 29.5 Å².